The maximum atomic E-state index is 12.3. The maximum Gasteiger partial charge on any atom is 0.274 e. The molecule has 1 aromatic carbocycles. The first-order chi connectivity index (χ1) is 9.66. The molecule has 2 amide bonds. The van der Waals surface area contributed by atoms with Crippen molar-refractivity contribution >= 4 is 11.8 Å². The molecule has 1 aromatic heterocycles. The van der Waals surface area contributed by atoms with Gasteiger partial charge in [-0.2, -0.15) is 0 Å². The van der Waals surface area contributed by atoms with Crippen molar-refractivity contribution < 1.29 is 9.59 Å². The molecule has 100 valence electrons. The van der Waals surface area contributed by atoms with Crippen LogP contribution in [0.1, 0.15) is 21.6 Å². The summed E-state index contributed by atoms with van der Waals surface area (Å²) in [5.41, 5.74) is 0.757. The summed E-state index contributed by atoms with van der Waals surface area (Å²) in [6.45, 7) is -0.171. The Balaban J connectivity index is 1.96. The molecule has 2 heterocycles. The van der Waals surface area contributed by atoms with Crippen LogP contribution in [0.5, 0.6) is 0 Å². The van der Waals surface area contributed by atoms with Crippen LogP contribution in [0.3, 0.4) is 0 Å². The summed E-state index contributed by atoms with van der Waals surface area (Å²) in [5, 5.41) is 7.21. The zero-order chi connectivity index (χ0) is 14.1. The van der Waals surface area contributed by atoms with Gasteiger partial charge in [0.15, 0.2) is 0 Å². The molecule has 0 unspecified atom stereocenters. The van der Waals surface area contributed by atoms with Crippen molar-refractivity contribution in [2.75, 3.05) is 0 Å². The fraction of sp³-hybridized carbons (Fsp3) is 0.154. The molecule has 1 aliphatic heterocycles. The van der Waals surface area contributed by atoms with E-state index in [1.165, 1.54) is 0 Å². The number of benzene rings is 1. The van der Waals surface area contributed by atoms with E-state index >= 15 is 0 Å². The number of aromatic nitrogens is 3. The van der Waals surface area contributed by atoms with Crippen LogP contribution >= 0.6 is 0 Å². The van der Waals surface area contributed by atoms with E-state index in [0.717, 1.165) is 11.2 Å². The van der Waals surface area contributed by atoms with Gasteiger partial charge in [0, 0.05) is 5.56 Å². The number of nitrogens with zero attached hydrogens (tertiary/aromatic N) is 3. The number of carbonyl (C=O) groups excluding carboxylic acids is 2. The molecule has 7 heteroatoms. The largest absolute Gasteiger partial charge is 0.310 e. The Bertz CT molecular complexity index is 753. The zero-order valence-electron chi connectivity index (χ0n) is 10.4. The molecule has 0 fully saturated rings. The molecule has 20 heavy (non-hydrogen) atoms. The van der Waals surface area contributed by atoms with Crippen LogP contribution in [0.2, 0.25) is 0 Å². The van der Waals surface area contributed by atoms with Crippen molar-refractivity contribution in [2.45, 2.75) is 13.0 Å². The van der Waals surface area contributed by atoms with Crippen LogP contribution in [0.4, 0.5) is 0 Å². The van der Waals surface area contributed by atoms with E-state index in [2.05, 4.69) is 15.2 Å². The Morgan fingerprint density at radius 2 is 2.00 bits per heavy atom. The lowest BCUT2D eigenvalue weighted by molar-refractivity contribution is -0.128. The molecule has 1 N–H and O–H groups in total. The lowest BCUT2D eigenvalue weighted by atomic mass is 9.98. The Hall–Kier alpha value is -2.83. The SMILES string of the molecule is O=C1Cc2ccccc2C(=O)N1Cc1nnc[nH]c1=O. The molecule has 2 aromatic rings. The van der Waals surface area contributed by atoms with Gasteiger partial charge in [-0.1, -0.05) is 18.2 Å². The van der Waals surface area contributed by atoms with Gasteiger partial charge in [-0.05, 0) is 11.6 Å². The van der Waals surface area contributed by atoms with Gasteiger partial charge < -0.3 is 4.98 Å². The van der Waals surface area contributed by atoms with Gasteiger partial charge >= 0.3 is 0 Å². The van der Waals surface area contributed by atoms with E-state index in [9.17, 15) is 14.4 Å². The summed E-state index contributed by atoms with van der Waals surface area (Å²) < 4.78 is 0. The summed E-state index contributed by atoms with van der Waals surface area (Å²) in [6.07, 6.45) is 1.29. The van der Waals surface area contributed by atoms with Crippen molar-refractivity contribution in [3.05, 3.63) is 57.8 Å². The standard InChI is InChI=1S/C13H10N4O3/c18-11-5-8-3-1-2-4-9(8)13(20)17(11)6-10-12(19)14-7-15-16-10/h1-4,7H,5-6H2,(H,14,15,19). The Labute approximate surface area is 113 Å². The summed E-state index contributed by atoms with van der Waals surface area (Å²) >= 11 is 0. The summed E-state index contributed by atoms with van der Waals surface area (Å²) in [6, 6.07) is 6.93. The van der Waals surface area contributed by atoms with Crippen LogP contribution < -0.4 is 5.56 Å². The fourth-order valence-electron chi connectivity index (χ4n) is 2.13. The molecule has 0 saturated heterocycles. The Morgan fingerprint density at radius 1 is 1.20 bits per heavy atom. The van der Waals surface area contributed by atoms with Crippen LogP contribution in [-0.4, -0.2) is 31.9 Å². The van der Waals surface area contributed by atoms with Gasteiger partial charge in [0.25, 0.3) is 11.5 Å². The molecule has 0 atom stereocenters. The van der Waals surface area contributed by atoms with Gasteiger partial charge in [-0.3, -0.25) is 19.3 Å². The zero-order valence-corrected chi connectivity index (χ0v) is 10.4. The van der Waals surface area contributed by atoms with Crippen LogP contribution in [0.15, 0.2) is 35.4 Å². The van der Waals surface area contributed by atoms with Crippen molar-refractivity contribution in [3.63, 3.8) is 0 Å². The second-order valence-corrected chi connectivity index (χ2v) is 4.38. The predicted molar refractivity (Wildman–Crippen MR) is 67.7 cm³/mol. The number of amides is 2. The van der Waals surface area contributed by atoms with Gasteiger partial charge in [0.2, 0.25) is 5.91 Å². The molecule has 1 aliphatic rings. The number of fused-ring (bicyclic) bond motifs is 1. The highest BCUT2D eigenvalue weighted by molar-refractivity contribution is 6.09. The predicted octanol–water partition coefficient (Wildman–Crippen LogP) is -0.110. The monoisotopic (exact) mass is 270 g/mol. The van der Waals surface area contributed by atoms with Crippen molar-refractivity contribution in [1.82, 2.24) is 20.1 Å². The second-order valence-electron chi connectivity index (χ2n) is 4.38. The highest BCUT2D eigenvalue weighted by Gasteiger charge is 2.31. The second kappa shape index (κ2) is 4.69. The van der Waals surface area contributed by atoms with E-state index in [1.54, 1.807) is 24.3 Å². The number of carbonyl (C=O) groups is 2. The average Bonchev–Trinajstić information content (AvgIpc) is 2.45. The highest BCUT2D eigenvalue weighted by atomic mass is 16.2. The molecule has 0 spiro atoms. The number of H-pyrrole nitrogens is 1. The summed E-state index contributed by atoms with van der Waals surface area (Å²) in [4.78, 5) is 39.2. The minimum absolute atomic E-state index is 0.0357. The number of rotatable bonds is 2. The van der Waals surface area contributed by atoms with Gasteiger partial charge in [-0.15, -0.1) is 10.2 Å². The minimum atomic E-state index is -0.459. The van der Waals surface area contributed by atoms with Crippen molar-refractivity contribution in [2.24, 2.45) is 0 Å². The Kier molecular flexibility index (Phi) is 2.86. The number of imide groups is 1. The van der Waals surface area contributed by atoms with E-state index in [-0.39, 0.29) is 24.6 Å². The first kappa shape index (κ1) is 12.2. The van der Waals surface area contributed by atoms with E-state index in [1.807, 2.05) is 0 Å². The number of hydrogen-bond acceptors (Lipinski definition) is 5. The molecule has 0 saturated carbocycles. The normalized spacial score (nSPS) is 14.3. The lowest BCUT2D eigenvalue weighted by Gasteiger charge is -2.25. The van der Waals surface area contributed by atoms with E-state index < -0.39 is 11.5 Å². The number of hydrogen-bond donors (Lipinski definition) is 1. The molecule has 7 nitrogen and oxygen atoms in total. The molecule has 3 rings (SSSR count). The highest BCUT2D eigenvalue weighted by Crippen LogP contribution is 2.20. The average molecular weight is 270 g/mol. The summed E-state index contributed by atoms with van der Waals surface area (Å²) in [7, 11) is 0. The van der Waals surface area contributed by atoms with Gasteiger partial charge in [0.05, 0.1) is 13.0 Å². The first-order valence-corrected chi connectivity index (χ1v) is 5.98. The quantitative estimate of drug-likeness (QED) is 0.768. The van der Waals surface area contributed by atoms with Crippen LogP contribution in [0.25, 0.3) is 0 Å². The fourth-order valence-corrected chi connectivity index (χ4v) is 2.13. The number of aromatic amines is 1. The van der Waals surface area contributed by atoms with Crippen molar-refractivity contribution in [3.8, 4) is 0 Å². The number of nitrogens with one attached hydrogen (secondary N) is 1. The van der Waals surface area contributed by atoms with Crippen molar-refractivity contribution in [1.29, 1.82) is 0 Å². The maximum absolute atomic E-state index is 12.3. The van der Waals surface area contributed by atoms with Crippen LogP contribution in [-0.2, 0) is 17.8 Å². The topological polar surface area (TPSA) is 96.0 Å². The molecular weight excluding hydrogens is 260 g/mol. The third-order valence-electron chi connectivity index (χ3n) is 3.14. The van der Waals surface area contributed by atoms with E-state index in [4.69, 9.17) is 0 Å². The van der Waals surface area contributed by atoms with Crippen LogP contribution in [0, 0.1) is 0 Å². The Morgan fingerprint density at radius 3 is 2.80 bits per heavy atom. The minimum Gasteiger partial charge on any atom is -0.310 e. The summed E-state index contributed by atoms with van der Waals surface area (Å²) in [5.74, 6) is -0.763. The van der Waals surface area contributed by atoms with Gasteiger partial charge in [0.1, 0.15) is 12.0 Å². The third kappa shape index (κ3) is 1.99. The van der Waals surface area contributed by atoms with E-state index in [0.29, 0.717) is 11.1 Å². The molecule has 0 bridgehead atoms. The smallest absolute Gasteiger partial charge is 0.274 e. The molecule has 0 radical (unpaired) electrons. The molecular formula is C13H10N4O3. The van der Waals surface area contributed by atoms with Gasteiger partial charge in [-0.25, -0.2) is 0 Å². The molecule has 0 aliphatic carbocycles. The lowest BCUT2D eigenvalue weighted by Crippen LogP contribution is -2.43. The first-order valence-electron chi connectivity index (χ1n) is 5.98. The third-order valence-corrected chi connectivity index (χ3v) is 3.14.